The molecular formula is C12H13Cl2N3O. The molecular weight excluding hydrogens is 273 g/mol. The summed E-state index contributed by atoms with van der Waals surface area (Å²) in [6.45, 7) is 4.04. The Morgan fingerprint density at radius 1 is 1.22 bits per heavy atom. The molecule has 1 heterocycles. The van der Waals surface area contributed by atoms with Crippen LogP contribution < -0.4 is 4.74 Å². The summed E-state index contributed by atoms with van der Waals surface area (Å²) in [7, 11) is 1.60. The van der Waals surface area contributed by atoms with Crippen molar-refractivity contribution in [3.63, 3.8) is 0 Å². The summed E-state index contributed by atoms with van der Waals surface area (Å²) in [6, 6.07) is 5.33. The molecule has 0 aliphatic heterocycles. The van der Waals surface area contributed by atoms with Gasteiger partial charge in [-0.25, -0.2) is 0 Å². The summed E-state index contributed by atoms with van der Waals surface area (Å²) in [4.78, 5) is 0. The van der Waals surface area contributed by atoms with E-state index in [1.807, 2.05) is 13.8 Å². The quantitative estimate of drug-likeness (QED) is 0.863. The zero-order valence-electron chi connectivity index (χ0n) is 10.3. The molecule has 0 unspecified atom stereocenters. The van der Waals surface area contributed by atoms with Gasteiger partial charge in [-0.05, 0) is 29.8 Å². The average Bonchev–Trinajstić information content (AvgIpc) is 2.71. The van der Waals surface area contributed by atoms with E-state index in [2.05, 4.69) is 10.2 Å². The van der Waals surface area contributed by atoms with Crippen molar-refractivity contribution in [3.8, 4) is 11.4 Å². The van der Waals surface area contributed by atoms with Crippen molar-refractivity contribution < 1.29 is 4.74 Å². The van der Waals surface area contributed by atoms with Crippen LogP contribution in [0, 0.1) is 0 Å². The Hall–Kier alpha value is -1.26. The fourth-order valence-corrected chi connectivity index (χ4v) is 2.09. The minimum absolute atomic E-state index is 0.189. The lowest BCUT2D eigenvalue weighted by molar-refractivity contribution is 0.412. The first-order valence-electron chi connectivity index (χ1n) is 5.49. The maximum atomic E-state index is 6.10. The van der Waals surface area contributed by atoms with E-state index in [-0.39, 0.29) is 5.92 Å². The van der Waals surface area contributed by atoms with Crippen LogP contribution in [0.3, 0.4) is 0 Å². The molecule has 0 fully saturated rings. The summed E-state index contributed by atoms with van der Waals surface area (Å²) >= 11 is 12.1. The standard InChI is InChI=1S/C12H13Cl2N3O/c1-7(2)11-15-16-12(14)17(11)9-6-8(13)4-5-10(9)18-3/h4-7H,1-3H3. The summed E-state index contributed by atoms with van der Waals surface area (Å²) < 4.78 is 7.07. The largest absolute Gasteiger partial charge is 0.495 e. The molecule has 0 bridgehead atoms. The Morgan fingerprint density at radius 3 is 2.56 bits per heavy atom. The minimum atomic E-state index is 0.189. The van der Waals surface area contributed by atoms with E-state index < -0.39 is 0 Å². The van der Waals surface area contributed by atoms with Crippen LogP contribution in [0.5, 0.6) is 5.75 Å². The van der Waals surface area contributed by atoms with E-state index in [4.69, 9.17) is 27.9 Å². The van der Waals surface area contributed by atoms with Crippen LogP contribution in [0.2, 0.25) is 10.3 Å². The van der Waals surface area contributed by atoms with Gasteiger partial charge in [0.15, 0.2) is 0 Å². The fourth-order valence-electron chi connectivity index (χ4n) is 1.71. The maximum Gasteiger partial charge on any atom is 0.229 e. The highest BCUT2D eigenvalue weighted by Crippen LogP contribution is 2.31. The number of methoxy groups -OCH3 is 1. The zero-order chi connectivity index (χ0) is 13.3. The second-order valence-electron chi connectivity index (χ2n) is 4.13. The van der Waals surface area contributed by atoms with Crippen LogP contribution in [-0.2, 0) is 0 Å². The Bertz CT molecular complexity index is 566. The predicted octanol–water partition coefficient (Wildman–Crippen LogP) is 3.71. The molecule has 0 amide bonds. The number of hydrogen-bond donors (Lipinski definition) is 0. The number of ether oxygens (including phenoxy) is 1. The number of hydrogen-bond acceptors (Lipinski definition) is 3. The van der Waals surface area contributed by atoms with Crippen molar-refractivity contribution in [3.05, 3.63) is 34.3 Å². The number of benzene rings is 1. The third-order valence-corrected chi connectivity index (χ3v) is 3.03. The normalized spacial score (nSPS) is 11.0. The van der Waals surface area contributed by atoms with Gasteiger partial charge in [0.05, 0.1) is 12.8 Å². The molecule has 0 atom stereocenters. The number of halogens is 2. The van der Waals surface area contributed by atoms with Crippen LogP contribution >= 0.6 is 23.2 Å². The summed E-state index contributed by atoms with van der Waals surface area (Å²) in [6.07, 6.45) is 0. The van der Waals surface area contributed by atoms with Crippen molar-refractivity contribution in [2.45, 2.75) is 19.8 Å². The second-order valence-corrected chi connectivity index (χ2v) is 4.91. The Kier molecular flexibility index (Phi) is 3.78. The molecule has 2 rings (SSSR count). The number of nitrogens with zero attached hydrogens (tertiary/aromatic N) is 3. The molecule has 0 saturated heterocycles. The molecule has 96 valence electrons. The summed E-state index contributed by atoms with van der Waals surface area (Å²) in [5, 5.41) is 8.87. The van der Waals surface area contributed by atoms with E-state index in [0.717, 1.165) is 11.5 Å². The van der Waals surface area contributed by atoms with Gasteiger partial charge in [0, 0.05) is 10.9 Å². The van der Waals surface area contributed by atoms with Crippen LogP contribution in [0.4, 0.5) is 0 Å². The van der Waals surface area contributed by atoms with Gasteiger partial charge in [-0.1, -0.05) is 25.4 Å². The number of aromatic nitrogens is 3. The lowest BCUT2D eigenvalue weighted by atomic mass is 10.2. The highest BCUT2D eigenvalue weighted by Gasteiger charge is 2.18. The molecule has 0 radical (unpaired) electrons. The van der Waals surface area contributed by atoms with Gasteiger partial charge < -0.3 is 4.74 Å². The monoisotopic (exact) mass is 285 g/mol. The fraction of sp³-hybridized carbons (Fsp3) is 0.333. The van der Waals surface area contributed by atoms with Gasteiger partial charge in [0.1, 0.15) is 11.6 Å². The molecule has 18 heavy (non-hydrogen) atoms. The Balaban J connectivity index is 2.68. The van der Waals surface area contributed by atoms with Crippen molar-refractivity contribution in [1.82, 2.24) is 14.8 Å². The van der Waals surface area contributed by atoms with Crippen LogP contribution in [-0.4, -0.2) is 21.9 Å². The summed E-state index contributed by atoms with van der Waals surface area (Å²) in [5.41, 5.74) is 0.740. The summed E-state index contributed by atoms with van der Waals surface area (Å²) in [5.74, 6) is 1.62. The van der Waals surface area contributed by atoms with Crippen molar-refractivity contribution in [1.29, 1.82) is 0 Å². The third-order valence-electron chi connectivity index (χ3n) is 2.55. The van der Waals surface area contributed by atoms with Gasteiger partial charge in [0.25, 0.3) is 0 Å². The first-order valence-corrected chi connectivity index (χ1v) is 6.25. The van der Waals surface area contributed by atoms with E-state index in [9.17, 15) is 0 Å². The smallest absolute Gasteiger partial charge is 0.229 e. The third kappa shape index (κ3) is 2.31. The highest BCUT2D eigenvalue weighted by atomic mass is 35.5. The van der Waals surface area contributed by atoms with Crippen LogP contribution in [0.1, 0.15) is 25.6 Å². The van der Waals surface area contributed by atoms with E-state index >= 15 is 0 Å². The predicted molar refractivity (Wildman–Crippen MR) is 72.0 cm³/mol. The Labute approximate surface area is 115 Å². The lowest BCUT2D eigenvalue weighted by Gasteiger charge is -2.13. The number of rotatable bonds is 3. The minimum Gasteiger partial charge on any atom is -0.495 e. The zero-order valence-corrected chi connectivity index (χ0v) is 11.8. The van der Waals surface area contributed by atoms with E-state index in [1.54, 1.807) is 29.9 Å². The van der Waals surface area contributed by atoms with E-state index in [0.29, 0.717) is 16.1 Å². The molecule has 0 aliphatic rings. The first kappa shape index (κ1) is 13.2. The van der Waals surface area contributed by atoms with E-state index in [1.165, 1.54) is 0 Å². The molecule has 0 aliphatic carbocycles. The molecule has 2 aromatic rings. The molecule has 0 saturated carbocycles. The average molecular weight is 286 g/mol. The molecule has 4 nitrogen and oxygen atoms in total. The molecule has 0 N–H and O–H groups in total. The Morgan fingerprint density at radius 2 is 1.94 bits per heavy atom. The lowest BCUT2D eigenvalue weighted by Crippen LogP contribution is -2.05. The van der Waals surface area contributed by atoms with Crippen molar-refractivity contribution >= 4 is 23.2 Å². The molecule has 1 aromatic carbocycles. The maximum absolute atomic E-state index is 6.10. The topological polar surface area (TPSA) is 39.9 Å². The van der Waals surface area contributed by atoms with Crippen LogP contribution in [0.25, 0.3) is 5.69 Å². The molecule has 0 spiro atoms. The van der Waals surface area contributed by atoms with Crippen LogP contribution in [0.15, 0.2) is 18.2 Å². The first-order chi connectivity index (χ1) is 8.54. The van der Waals surface area contributed by atoms with Crippen molar-refractivity contribution in [2.24, 2.45) is 0 Å². The van der Waals surface area contributed by atoms with Gasteiger partial charge >= 0.3 is 0 Å². The highest BCUT2D eigenvalue weighted by molar-refractivity contribution is 6.31. The van der Waals surface area contributed by atoms with Gasteiger partial charge in [-0.3, -0.25) is 4.57 Å². The van der Waals surface area contributed by atoms with Gasteiger partial charge in [-0.2, -0.15) is 0 Å². The SMILES string of the molecule is COc1ccc(Cl)cc1-n1c(Cl)nnc1C(C)C. The molecule has 6 heteroatoms. The second kappa shape index (κ2) is 5.16. The molecule has 1 aromatic heterocycles. The van der Waals surface area contributed by atoms with Gasteiger partial charge in [-0.15, -0.1) is 10.2 Å². The van der Waals surface area contributed by atoms with Gasteiger partial charge in [0.2, 0.25) is 5.28 Å². The van der Waals surface area contributed by atoms with Crippen molar-refractivity contribution in [2.75, 3.05) is 7.11 Å².